The van der Waals surface area contributed by atoms with Crippen LogP contribution in [0.1, 0.15) is 11.1 Å². The first-order valence-corrected chi connectivity index (χ1v) is 6.60. The largest absolute Gasteiger partial charge is 0.448 e. The molecule has 0 saturated carbocycles. The summed E-state index contributed by atoms with van der Waals surface area (Å²) in [6.45, 7) is 0. The third-order valence-electron chi connectivity index (χ3n) is 2.53. The molecule has 2 N–H and O–H groups in total. The van der Waals surface area contributed by atoms with E-state index in [-0.39, 0.29) is 17.0 Å². The maximum atomic E-state index is 13.8. The van der Waals surface area contributed by atoms with Crippen molar-refractivity contribution in [2.24, 2.45) is 0 Å². The van der Waals surface area contributed by atoms with Crippen molar-refractivity contribution in [1.29, 1.82) is 10.5 Å². The molecule has 2 aromatic carbocycles. The Morgan fingerprint density at radius 3 is 1.95 bits per heavy atom. The molecule has 21 heavy (non-hydrogen) atoms. The Balaban J connectivity index is 2.50. The molecule has 0 radical (unpaired) electrons. The van der Waals surface area contributed by atoms with Crippen LogP contribution in [0.25, 0.3) is 0 Å². The molecule has 0 fully saturated rings. The molecule has 2 aromatic rings. The van der Waals surface area contributed by atoms with E-state index in [1.54, 1.807) is 6.07 Å². The Hall–Kier alpha value is -2.39. The molecule has 7 heteroatoms. The molecule has 0 bridgehead atoms. The highest BCUT2D eigenvalue weighted by molar-refractivity contribution is 14.1. The van der Waals surface area contributed by atoms with Crippen molar-refractivity contribution in [3.63, 3.8) is 0 Å². The predicted octanol–water partition coefficient (Wildman–Crippen LogP) is 3.69. The fourth-order valence-corrected chi connectivity index (χ4v) is 2.37. The molecule has 0 atom stereocenters. The van der Waals surface area contributed by atoms with Gasteiger partial charge in [-0.3, -0.25) is 0 Å². The second kappa shape index (κ2) is 5.94. The summed E-state index contributed by atoms with van der Waals surface area (Å²) in [4.78, 5) is 0. The Bertz CT molecular complexity index is 695. The average molecular weight is 397 g/mol. The molecule has 0 heterocycles. The highest BCUT2D eigenvalue weighted by atomic mass is 127. The van der Waals surface area contributed by atoms with Crippen LogP contribution < -0.4 is 10.5 Å². The number of anilines is 1. The Kier molecular flexibility index (Phi) is 4.24. The van der Waals surface area contributed by atoms with Crippen LogP contribution in [-0.4, -0.2) is 0 Å². The van der Waals surface area contributed by atoms with Crippen molar-refractivity contribution in [2.45, 2.75) is 0 Å². The van der Waals surface area contributed by atoms with Gasteiger partial charge < -0.3 is 10.5 Å². The van der Waals surface area contributed by atoms with Gasteiger partial charge in [-0.2, -0.15) is 10.5 Å². The Morgan fingerprint density at radius 2 is 1.48 bits per heavy atom. The normalized spacial score (nSPS) is 9.76. The molecule has 4 nitrogen and oxygen atoms in total. The molecule has 0 aliphatic carbocycles. The number of hydrogen-bond acceptors (Lipinski definition) is 4. The summed E-state index contributed by atoms with van der Waals surface area (Å²) in [6, 6.07) is 8.11. The number of rotatable bonds is 2. The third-order valence-corrected chi connectivity index (χ3v) is 3.33. The van der Waals surface area contributed by atoms with Crippen LogP contribution in [0.15, 0.2) is 24.3 Å². The highest BCUT2D eigenvalue weighted by Crippen LogP contribution is 2.36. The van der Waals surface area contributed by atoms with Gasteiger partial charge in [-0.1, -0.05) is 0 Å². The molecule has 0 aliphatic heterocycles. The first-order valence-electron chi connectivity index (χ1n) is 5.52. The standard InChI is InChI=1S/C14H6F2IN3O/c15-9-1-7(5-18)2-10(16)13(9)21-14-11(17)3-8(6-19)4-12(14)20/h1-4H,20H2. The van der Waals surface area contributed by atoms with E-state index >= 15 is 0 Å². The van der Waals surface area contributed by atoms with Gasteiger partial charge in [-0.15, -0.1) is 0 Å². The van der Waals surface area contributed by atoms with Crippen molar-refractivity contribution in [2.75, 3.05) is 5.73 Å². The van der Waals surface area contributed by atoms with Gasteiger partial charge >= 0.3 is 0 Å². The van der Waals surface area contributed by atoms with Gasteiger partial charge in [-0.25, -0.2) is 8.78 Å². The molecule has 0 saturated heterocycles. The van der Waals surface area contributed by atoms with Gasteiger partial charge in [0.05, 0.1) is 32.5 Å². The van der Waals surface area contributed by atoms with Crippen molar-refractivity contribution in [3.05, 3.63) is 50.6 Å². The van der Waals surface area contributed by atoms with Gasteiger partial charge in [0, 0.05) is 0 Å². The number of nitrogens with two attached hydrogens (primary N) is 1. The third kappa shape index (κ3) is 3.03. The molecule has 0 amide bonds. The van der Waals surface area contributed by atoms with Crippen LogP contribution >= 0.6 is 22.6 Å². The zero-order chi connectivity index (χ0) is 15.6. The fraction of sp³-hybridized carbons (Fsp3) is 0. The molecule has 0 aromatic heterocycles. The number of hydrogen-bond donors (Lipinski definition) is 1. The summed E-state index contributed by atoms with van der Waals surface area (Å²) in [6.07, 6.45) is 0. The number of nitrogen functional groups attached to an aromatic ring is 1. The summed E-state index contributed by atoms with van der Waals surface area (Å²) >= 11 is 1.85. The minimum Gasteiger partial charge on any atom is -0.448 e. The number of halogens is 3. The van der Waals surface area contributed by atoms with E-state index in [0.717, 1.165) is 12.1 Å². The van der Waals surface area contributed by atoms with Gasteiger partial charge in [-0.05, 0) is 46.9 Å². The smallest absolute Gasteiger partial charge is 0.198 e. The van der Waals surface area contributed by atoms with Crippen LogP contribution in [0.3, 0.4) is 0 Å². The van der Waals surface area contributed by atoms with E-state index in [1.807, 2.05) is 28.7 Å². The van der Waals surface area contributed by atoms with Gasteiger partial charge in [0.15, 0.2) is 23.1 Å². The average Bonchev–Trinajstić information content (AvgIpc) is 2.44. The maximum Gasteiger partial charge on any atom is 0.198 e. The lowest BCUT2D eigenvalue weighted by Gasteiger charge is -2.12. The molecule has 104 valence electrons. The van der Waals surface area contributed by atoms with Gasteiger partial charge in [0.25, 0.3) is 0 Å². The summed E-state index contributed by atoms with van der Waals surface area (Å²) in [7, 11) is 0. The quantitative estimate of drug-likeness (QED) is 0.619. The van der Waals surface area contributed by atoms with Gasteiger partial charge in [0.1, 0.15) is 0 Å². The van der Waals surface area contributed by atoms with E-state index < -0.39 is 17.4 Å². The second-order valence-electron chi connectivity index (χ2n) is 3.97. The first kappa shape index (κ1) is 15.0. The molecule has 2 rings (SSSR count). The number of nitrogens with zero attached hydrogens (tertiary/aromatic N) is 2. The van der Waals surface area contributed by atoms with Gasteiger partial charge in [0.2, 0.25) is 0 Å². The fourth-order valence-electron chi connectivity index (χ4n) is 1.61. The molecular weight excluding hydrogens is 391 g/mol. The summed E-state index contributed by atoms with van der Waals surface area (Å²) in [5.41, 5.74) is 5.97. The Morgan fingerprint density at radius 1 is 0.952 bits per heavy atom. The van der Waals surface area contributed by atoms with Crippen LogP contribution in [0.4, 0.5) is 14.5 Å². The lowest BCUT2D eigenvalue weighted by molar-refractivity contribution is 0.406. The van der Waals surface area contributed by atoms with Crippen molar-refractivity contribution >= 4 is 28.3 Å². The second-order valence-corrected chi connectivity index (χ2v) is 5.13. The number of nitriles is 2. The minimum absolute atomic E-state index is 0.0529. The van der Waals surface area contributed by atoms with E-state index in [2.05, 4.69) is 0 Å². The zero-order valence-electron chi connectivity index (χ0n) is 10.3. The summed E-state index contributed by atoms with van der Waals surface area (Å²) in [5.74, 6) is -2.61. The van der Waals surface area contributed by atoms with Crippen molar-refractivity contribution in [1.82, 2.24) is 0 Å². The van der Waals surface area contributed by atoms with Crippen molar-refractivity contribution in [3.8, 4) is 23.6 Å². The highest BCUT2D eigenvalue weighted by Gasteiger charge is 2.17. The van der Waals surface area contributed by atoms with E-state index in [0.29, 0.717) is 9.13 Å². The van der Waals surface area contributed by atoms with Crippen LogP contribution in [0.2, 0.25) is 0 Å². The maximum absolute atomic E-state index is 13.8. The predicted molar refractivity (Wildman–Crippen MR) is 79.4 cm³/mol. The molecule has 0 aliphatic rings. The monoisotopic (exact) mass is 397 g/mol. The zero-order valence-corrected chi connectivity index (χ0v) is 12.5. The lowest BCUT2D eigenvalue weighted by Crippen LogP contribution is -2.00. The van der Waals surface area contributed by atoms with E-state index in [1.165, 1.54) is 12.1 Å². The SMILES string of the molecule is N#Cc1cc(F)c(Oc2c(N)cc(C#N)cc2I)c(F)c1. The number of ether oxygens (including phenoxy) is 1. The summed E-state index contributed by atoms with van der Waals surface area (Å²) in [5, 5.41) is 17.4. The Labute approximate surface area is 132 Å². The molecule has 0 unspecified atom stereocenters. The van der Waals surface area contributed by atoms with E-state index in [4.69, 9.17) is 21.0 Å². The van der Waals surface area contributed by atoms with Crippen molar-refractivity contribution < 1.29 is 13.5 Å². The van der Waals surface area contributed by atoms with E-state index in [9.17, 15) is 8.78 Å². The molecular formula is C14H6F2IN3O. The van der Waals surface area contributed by atoms with Crippen LogP contribution in [-0.2, 0) is 0 Å². The minimum atomic E-state index is -1.01. The lowest BCUT2D eigenvalue weighted by atomic mass is 10.2. The van der Waals surface area contributed by atoms with Crippen LogP contribution in [0, 0.1) is 37.9 Å². The van der Waals surface area contributed by atoms with Crippen LogP contribution in [0.5, 0.6) is 11.5 Å². The first-order chi connectivity index (χ1) is 9.96. The molecule has 0 spiro atoms. The number of benzene rings is 2. The summed E-state index contributed by atoms with van der Waals surface area (Å²) < 4.78 is 33.2. The topological polar surface area (TPSA) is 82.8 Å².